The van der Waals surface area contributed by atoms with E-state index >= 15 is 0 Å². The van der Waals surface area contributed by atoms with Crippen molar-refractivity contribution in [2.45, 2.75) is 6.42 Å². The Morgan fingerprint density at radius 3 is 2.81 bits per heavy atom. The molecule has 0 aliphatic carbocycles. The number of carboxylic acids is 1. The summed E-state index contributed by atoms with van der Waals surface area (Å²) in [6.07, 6.45) is 0.104. The molecule has 0 atom stereocenters. The van der Waals surface area contributed by atoms with E-state index in [9.17, 15) is 9.90 Å². The molecule has 4 nitrogen and oxygen atoms in total. The van der Waals surface area contributed by atoms with Crippen LogP contribution in [-0.4, -0.2) is 15.6 Å². The third-order valence-electron chi connectivity index (χ3n) is 2.69. The molecule has 2 rings (SSSR count). The minimum absolute atomic E-state index is 0.104. The van der Waals surface area contributed by atoms with Crippen molar-refractivity contribution in [3.05, 3.63) is 35.5 Å². The standard InChI is InChI=1S/C12H10N2O2/c1-14-9-5-3-2-4-8(9)11(12(15)16)10(14)6-7-13/h2-5H,6H2,1H3,(H,15,16). The minimum atomic E-state index is -0.984. The Labute approximate surface area is 92.3 Å². The lowest BCUT2D eigenvalue weighted by Crippen LogP contribution is -2.03. The number of nitriles is 1. The maximum Gasteiger partial charge on any atom is 0.338 e. The molecule has 0 saturated carbocycles. The Morgan fingerprint density at radius 1 is 1.50 bits per heavy atom. The first kappa shape index (κ1) is 10.2. The van der Waals surface area contributed by atoms with Crippen LogP contribution in [0.2, 0.25) is 0 Å². The summed E-state index contributed by atoms with van der Waals surface area (Å²) in [7, 11) is 1.78. The number of benzene rings is 1. The lowest BCUT2D eigenvalue weighted by atomic mass is 10.1. The van der Waals surface area contributed by atoms with Crippen molar-refractivity contribution in [3.63, 3.8) is 0 Å². The predicted octanol–water partition coefficient (Wildman–Crippen LogP) is 1.94. The first-order chi connectivity index (χ1) is 7.66. The van der Waals surface area contributed by atoms with Gasteiger partial charge in [0.05, 0.1) is 18.1 Å². The summed E-state index contributed by atoms with van der Waals surface area (Å²) >= 11 is 0. The summed E-state index contributed by atoms with van der Waals surface area (Å²) in [5.41, 5.74) is 1.63. The molecule has 0 aliphatic heterocycles. The molecule has 0 radical (unpaired) electrons. The third-order valence-corrected chi connectivity index (χ3v) is 2.69. The molecule has 0 unspecified atom stereocenters. The van der Waals surface area contributed by atoms with Gasteiger partial charge in [0, 0.05) is 23.6 Å². The Balaban J connectivity index is 2.87. The van der Waals surface area contributed by atoms with Crippen LogP contribution < -0.4 is 0 Å². The maximum atomic E-state index is 11.2. The molecule has 0 fully saturated rings. The van der Waals surface area contributed by atoms with Crippen LogP contribution in [0.15, 0.2) is 24.3 Å². The lowest BCUT2D eigenvalue weighted by Gasteiger charge is -1.99. The fourth-order valence-corrected chi connectivity index (χ4v) is 1.97. The summed E-state index contributed by atoms with van der Waals surface area (Å²) in [5.74, 6) is -0.984. The molecule has 0 spiro atoms. The minimum Gasteiger partial charge on any atom is -0.478 e. The molecule has 0 amide bonds. The van der Waals surface area contributed by atoms with Gasteiger partial charge in [-0.1, -0.05) is 18.2 Å². The molecular weight excluding hydrogens is 204 g/mol. The van der Waals surface area contributed by atoms with E-state index in [0.29, 0.717) is 11.1 Å². The van der Waals surface area contributed by atoms with Gasteiger partial charge in [-0.2, -0.15) is 5.26 Å². The number of aromatic carboxylic acids is 1. The SMILES string of the molecule is Cn1c(CC#N)c(C(=O)O)c2ccccc21. The molecule has 2 aromatic rings. The third kappa shape index (κ3) is 1.34. The molecule has 4 heteroatoms. The largest absolute Gasteiger partial charge is 0.478 e. The average Bonchev–Trinajstić information content (AvgIpc) is 2.54. The van der Waals surface area contributed by atoms with Gasteiger partial charge in [0.1, 0.15) is 0 Å². The molecular formula is C12H10N2O2. The quantitative estimate of drug-likeness (QED) is 0.830. The van der Waals surface area contributed by atoms with E-state index in [0.717, 1.165) is 5.52 Å². The van der Waals surface area contributed by atoms with Gasteiger partial charge in [-0.05, 0) is 6.07 Å². The van der Waals surface area contributed by atoms with E-state index in [-0.39, 0.29) is 12.0 Å². The van der Waals surface area contributed by atoms with E-state index in [1.54, 1.807) is 23.7 Å². The van der Waals surface area contributed by atoms with Crippen molar-refractivity contribution in [1.82, 2.24) is 4.57 Å². The molecule has 16 heavy (non-hydrogen) atoms. The zero-order valence-corrected chi connectivity index (χ0v) is 8.77. The lowest BCUT2D eigenvalue weighted by molar-refractivity contribution is 0.0698. The van der Waals surface area contributed by atoms with Crippen LogP contribution in [0.3, 0.4) is 0 Å². The number of fused-ring (bicyclic) bond motifs is 1. The van der Waals surface area contributed by atoms with Gasteiger partial charge >= 0.3 is 5.97 Å². The zero-order valence-electron chi connectivity index (χ0n) is 8.77. The van der Waals surface area contributed by atoms with E-state index in [4.69, 9.17) is 5.26 Å². The van der Waals surface area contributed by atoms with Crippen LogP contribution in [0, 0.1) is 11.3 Å². The van der Waals surface area contributed by atoms with Crippen LogP contribution in [0.5, 0.6) is 0 Å². The van der Waals surface area contributed by atoms with Gasteiger partial charge < -0.3 is 9.67 Å². The number of para-hydroxylation sites is 1. The number of aryl methyl sites for hydroxylation is 1. The smallest absolute Gasteiger partial charge is 0.338 e. The van der Waals surface area contributed by atoms with Crippen molar-refractivity contribution in [3.8, 4) is 6.07 Å². The van der Waals surface area contributed by atoms with Crippen molar-refractivity contribution < 1.29 is 9.90 Å². The van der Waals surface area contributed by atoms with E-state index < -0.39 is 5.97 Å². The molecule has 80 valence electrons. The average molecular weight is 214 g/mol. The Bertz CT molecular complexity index is 605. The van der Waals surface area contributed by atoms with Crippen LogP contribution >= 0.6 is 0 Å². The summed E-state index contributed by atoms with van der Waals surface area (Å²) in [5, 5.41) is 18.6. The van der Waals surface area contributed by atoms with Gasteiger partial charge in [0.2, 0.25) is 0 Å². The topological polar surface area (TPSA) is 66.0 Å². The number of rotatable bonds is 2. The highest BCUT2D eigenvalue weighted by atomic mass is 16.4. The number of hydrogen-bond acceptors (Lipinski definition) is 2. The Morgan fingerprint density at radius 2 is 2.19 bits per heavy atom. The number of nitrogens with zero attached hydrogens (tertiary/aromatic N) is 2. The van der Waals surface area contributed by atoms with Crippen molar-refractivity contribution in [2.24, 2.45) is 7.05 Å². The maximum absolute atomic E-state index is 11.2. The van der Waals surface area contributed by atoms with Crippen LogP contribution in [0.25, 0.3) is 10.9 Å². The molecule has 1 N–H and O–H groups in total. The highest BCUT2D eigenvalue weighted by molar-refractivity contribution is 6.05. The van der Waals surface area contributed by atoms with Gasteiger partial charge in [0.15, 0.2) is 0 Å². The number of carbonyl (C=O) groups is 1. The van der Waals surface area contributed by atoms with Gasteiger partial charge in [-0.25, -0.2) is 4.79 Å². The number of carboxylic acid groups (broad SMARTS) is 1. The molecule has 0 saturated heterocycles. The van der Waals surface area contributed by atoms with Gasteiger partial charge in [0.25, 0.3) is 0 Å². The first-order valence-corrected chi connectivity index (χ1v) is 4.83. The normalized spacial score (nSPS) is 10.2. The zero-order chi connectivity index (χ0) is 11.7. The second-order valence-corrected chi connectivity index (χ2v) is 3.54. The van der Waals surface area contributed by atoms with Crippen molar-refractivity contribution in [1.29, 1.82) is 5.26 Å². The second-order valence-electron chi connectivity index (χ2n) is 3.54. The monoisotopic (exact) mass is 214 g/mol. The highest BCUT2D eigenvalue weighted by Crippen LogP contribution is 2.25. The van der Waals surface area contributed by atoms with Crippen LogP contribution in [0.4, 0.5) is 0 Å². The summed E-state index contributed by atoms with van der Waals surface area (Å²) in [6.45, 7) is 0. The first-order valence-electron chi connectivity index (χ1n) is 4.83. The summed E-state index contributed by atoms with van der Waals surface area (Å²) < 4.78 is 1.77. The van der Waals surface area contributed by atoms with Gasteiger partial charge in [-0.3, -0.25) is 0 Å². The Kier molecular flexibility index (Phi) is 2.37. The van der Waals surface area contributed by atoms with Crippen LogP contribution in [0.1, 0.15) is 16.1 Å². The fourth-order valence-electron chi connectivity index (χ4n) is 1.97. The molecule has 0 aliphatic rings. The molecule has 1 heterocycles. The molecule has 0 bridgehead atoms. The van der Waals surface area contributed by atoms with E-state index in [1.165, 1.54) is 0 Å². The summed E-state index contributed by atoms with van der Waals surface area (Å²) in [4.78, 5) is 11.2. The molecule has 1 aromatic heterocycles. The van der Waals surface area contributed by atoms with Gasteiger partial charge in [-0.15, -0.1) is 0 Å². The van der Waals surface area contributed by atoms with Crippen molar-refractivity contribution >= 4 is 16.9 Å². The fraction of sp³-hybridized carbons (Fsp3) is 0.167. The molecule has 1 aromatic carbocycles. The number of aromatic nitrogens is 1. The van der Waals surface area contributed by atoms with Crippen LogP contribution in [-0.2, 0) is 13.5 Å². The second kappa shape index (κ2) is 3.70. The summed E-state index contributed by atoms with van der Waals surface area (Å²) in [6, 6.07) is 9.26. The Hall–Kier alpha value is -2.28. The number of hydrogen-bond donors (Lipinski definition) is 1. The van der Waals surface area contributed by atoms with E-state index in [2.05, 4.69) is 0 Å². The highest BCUT2D eigenvalue weighted by Gasteiger charge is 2.19. The van der Waals surface area contributed by atoms with Crippen molar-refractivity contribution in [2.75, 3.05) is 0 Å². The predicted molar refractivity (Wildman–Crippen MR) is 59.2 cm³/mol. The van der Waals surface area contributed by atoms with E-state index in [1.807, 2.05) is 18.2 Å².